The number of amides is 6. The molecule has 79 heavy (non-hydrogen) atoms. The van der Waals surface area contributed by atoms with Gasteiger partial charge in [-0.15, -0.1) is 0 Å². The number of primary amides is 1. The third-order valence-corrected chi connectivity index (χ3v) is 13.7. The average Bonchev–Trinajstić information content (AvgIpc) is 4.41. The third kappa shape index (κ3) is 14.3. The summed E-state index contributed by atoms with van der Waals surface area (Å²) in [7, 11) is 0. The molecule has 9 rings (SSSR count). The Balaban J connectivity index is 0.972. The SMILES string of the molecule is C[C@H](NC(=O)[C@@H](Cc1c[nH]c2ccccc12)NC(=O)[C@@H](COCc1ccccc1)NC(=O)[C@@H](Cc1ccc(OCc2ccccc2)cc1)NC(=O)[C@@H](Cc1cnc[nH]1)NC(=O)OCC1c2ccccc2-c2ccccc21)C(N)=O. The van der Waals surface area contributed by atoms with E-state index in [1.165, 1.54) is 19.4 Å². The molecule has 6 amide bonds. The number of aromatic amines is 2. The summed E-state index contributed by atoms with van der Waals surface area (Å²) in [6.07, 6.45) is 3.66. The van der Waals surface area contributed by atoms with Crippen LogP contribution in [-0.4, -0.2) is 94.0 Å². The number of carbonyl (C=O) groups is 6. The number of fused-ring (bicyclic) bond motifs is 4. The predicted octanol–water partition coefficient (Wildman–Crippen LogP) is 6.07. The molecule has 18 nitrogen and oxygen atoms in total. The van der Waals surface area contributed by atoms with Gasteiger partial charge in [-0.1, -0.05) is 140 Å². The highest BCUT2D eigenvalue weighted by molar-refractivity contribution is 5.97. The monoisotopic (exact) mass is 1060 g/mol. The molecule has 18 heteroatoms. The summed E-state index contributed by atoms with van der Waals surface area (Å²) < 4.78 is 18.0. The van der Waals surface area contributed by atoms with Gasteiger partial charge in [-0.3, -0.25) is 24.0 Å². The Kier molecular flexibility index (Phi) is 17.9. The lowest BCUT2D eigenvalue weighted by Crippen LogP contribution is -2.60. The number of ether oxygens (including phenoxy) is 3. The van der Waals surface area contributed by atoms with Crippen molar-refractivity contribution < 1.29 is 43.0 Å². The summed E-state index contributed by atoms with van der Waals surface area (Å²) in [4.78, 5) is 94.6. The first-order valence-electron chi connectivity index (χ1n) is 26.0. The molecule has 5 atom stereocenters. The van der Waals surface area contributed by atoms with Crippen LogP contribution in [-0.2, 0) is 65.9 Å². The number of rotatable bonds is 25. The molecule has 0 saturated heterocycles. The van der Waals surface area contributed by atoms with Gasteiger partial charge < -0.3 is 56.5 Å². The topological polar surface area (TPSA) is 261 Å². The van der Waals surface area contributed by atoms with Crippen molar-refractivity contribution in [2.24, 2.45) is 5.73 Å². The van der Waals surface area contributed by atoms with Crippen molar-refractivity contribution >= 4 is 46.5 Å². The highest BCUT2D eigenvalue weighted by Gasteiger charge is 2.34. The predicted molar refractivity (Wildman–Crippen MR) is 296 cm³/mol. The van der Waals surface area contributed by atoms with Gasteiger partial charge in [0.15, 0.2) is 0 Å². The quantitative estimate of drug-likeness (QED) is 0.0328. The number of hydrogen-bond acceptors (Lipinski definition) is 10. The Morgan fingerprint density at radius 1 is 0.570 bits per heavy atom. The van der Waals surface area contributed by atoms with Gasteiger partial charge in [-0.05, 0) is 69.6 Å². The van der Waals surface area contributed by atoms with Gasteiger partial charge in [0.2, 0.25) is 29.5 Å². The number of hydrogen-bond donors (Lipinski definition) is 8. The number of para-hydroxylation sites is 1. The summed E-state index contributed by atoms with van der Waals surface area (Å²) in [5.74, 6) is -3.50. The Hall–Kier alpha value is -9.55. The number of nitrogens with zero attached hydrogens (tertiary/aromatic N) is 1. The molecule has 2 heterocycles. The fourth-order valence-corrected chi connectivity index (χ4v) is 9.50. The van der Waals surface area contributed by atoms with Crippen LogP contribution >= 0.6 is 0 Å². The fraction of sp³-hybridized carbons (Fsp3) is 0.230. The summed E-state index contributed by atoms with van der Waals surface area (Å²) >= 11 is 0. The minimum Gasteiger partial charge on any atom is -0.489 e. The van der Waals surface area contributed by atoms with Crippen LogP contribution in [0.15, 0.2) is 176 Å². The number of nitrogens with two attached hydrogens (primary N) is 1. The van der Waals surface area contributed by atoms with Crippen molar-refractivity contribution in [1.82, 2.24) is 41.5 Å². The number of carbonyl (C=O) groups excluding carboxylic acids is 6. The number of imidazole rings is 1. The summed E-state index contributed by atoms with van der Waals surface area (Å²) in [5, 5.41) is 14.6. The average molecular weight is 1060 g/mol. The molecular formula is C61H61N9O9. The maximum absolute atomic E-state index is 15.0. The smallest absolute Gasteiger partial charge is 0.407 e. The van der Waals surface area contributed by atoms with E-state index in [4.69, 9.17) is 19.9 Å². The zero-order valence-corrected chi connectivity index (χ0v) is 43.4. The molecule has 0 spiro atoms. The summed E-state index contributed by atoms with van der Waals surface area (Å²) in [6, 6.07) is 42.8. The van der Waals surface area contributed by atoms with Gasteiger partial charge in [-0.25, -0.2) is 9.78 Å². The van der Waals surface area contributed by atoms with Gasteiger partial charge in [0, 0.05) is 54.2 Å². The van der Waals surface area contributed by atoms with Gasteiger partial charge in [0.05, 0.1) is 19.5 Å². The van der Waals surface area contributed by atoms with Crippen molar-refractivity contribution in [1.29, 1.82) is 0 Å². The first kappa shape index (κ1) is 54.2. The van der Waals surface area contributed by atoms with Crippen molar-refractivity contribution in [2.75, 3.05) is 13.2 Å². The van der Waals surface area contributed by atoms with Crippen molar-refractivity contribution in [3.8, 4) is 16.9 Å². The zero-order chi connectivity index (χ0) is 55.1. The van der Waals surface area contributed by atoms with Crippen molar-refractivity contribution in [3.63, 3.8) is 0 Å². The van der Waals surface area contributed by atoms with Crippen LogP contribution in [0.1, 0.15) is 51.9 Å². The van der Waals surface area contributed by atoms with Crippen LogP contribution in [0.5, 0.6) is 5.75 Å². The number of alkyl carbamates (subject to hydrolysis) is 1. The fourth-order valence-electron chi connectivity index (χ4n) is 9.50. The van der Waals surface area contributed by atoms with E-state index in [1.54, 1.807) is 30.5 Å². The standard InChI is InChI=1S/C61H61N9O9/c1-38(56(62)71)66-57(72)53(29-42-31-64-51-23-13-12-18-45(42)51)68-60(75)55(36-77-33-40-14-4-2-5-15-40)69-58(73)52(28-39-24-26-44(27-25-39)78-34-41-16-6-3-7-17-41)67-59(74)54(30-43-32-63-37-65-43)70-61(76)79-35-50-48-21-10-8-19-46(48)47-20-9-11-22-49(47)50/h2-27,31-32,37-38,50,52-55,64H,28-30,33-36H2,1H3,(H2,62,71)(H,63,65)(H,66,72)(H,67,74)(H,68,75)(H,69,73)(H,70,76)/t38-,52+,53+,54+,55+/m0/s1. The van der Waals surface area contributed by atoms with E-state index in [0.717, 1.165) is 44.3 Å². The van der Waals surface area contributed by atoms with E-state index in [-0.39, 0.29) is 45.0 Å². The highest BCUT2D eigenvalue weighted by atomic mass is 16.5. The molecule has 1 aliphatic carbocycles. The molecule has 0 fully saturated rings. The number of aromatic nitrogens is 3. The Morgan fingerprint density at radius 2 is 1.13 bits per heavy atom. The van der Waals surface area contributed by atoms with E-state index < -0.39 is 65.8 Å². The van der Waals surface area contributed by atoms with Crippen molar-refractivity contribution in [3.05, 3.63) is 216 Å². The second kappa shape index (κ2) is 26.0. The molecule has 0 unspecified atom stereocenters. The van der Waals surface area contributed by atoms with Gasteiger partial charge in [0.25, 0.3) is 0 Å². The Morgan fingerprint density at radius 3 is 1.77 bits per heavy atom. The molecule has 404 valence electrons. The molecule has 9 N–H and O–H groups in total. The lowest BCUT2D eigenvalue weighted by Gasteiger charge is -2.27. The van der Waals surface area contributed by atoms with Crippen LogP contribution in [0.4, 0.5) is 4.79 Å². The number of nitrogens with one attached hydrogen (secondary N) is 7. The van der Waals surface area contributed by atoms with E-state index in [0.29, 0.717) is 29.2 Å². The lowest BCUT2D eigenvalue weighted by atomic mass is 9.98. The first-order valence-corrected chi connectivity index (χ1v) is 26.0. The number of H-pyrrole nitrogens is 2. The van der Waals surface area contributed by atoms with E-state index in [9.17, 15) is 28.8 Å². The first-order chi connectivity index (χ1) is 38.4. The summed E-state index contributed by atoms with van der Waals surface area (Å²) in [6.45, 7) is 1.42. The molecule has 0 saturated carbocycles. The minimum absolute atomic E-state index is 0.0153. The molecule has 0 bridgehead atoms. The lowest BCUT2D eigenvalue weighted by molar-refractivity contribution is -0.135. The van der Waals surface area contributed by atoms with Crippen LogP contribution < -0.4 is 37.1 Å². The van der Waals surface area contributed by atoms with Crippen LogP contribution in [0.2, 0.25) is 0 Å². The molecule has 2 aromatic heterocycles. The largest absolute Gasteiger partial charge is 0.489 e. The Labute approximate surface area is 456 Å². The van der Waals surface area contributed by atoms with Crippen LogP contribution in [0.25, 0.3) is 22.0 Å². The molecule has 1 aliphatic rings. The Bertz CT molecular complexity index is 3330. The van der Waals surface area contributed by atoms with Gasteiger partial charge in [-0.2, -0.15) is 0 Å². The third-order valence-electron chi connectivity index (χ3n) is 13.7. The van der Waals surface area contributed by atoms with E-state index in [2.05, 4.69) is 41.5 Å². The zero-order valence-electron chi connectivity index (χ0n) is 43.4. The maximum Gasteiger partial charge on any atom is 0.407 e. The second-order valence-corrected chi connectivity index (χ2v) is 19.3. The van der Waals surface area contributed by atoms with E-state index >= 15 is 0 Å². The second-order valence-electron chi connectivity index (χ2n) is 19.3. The molecule has 0 radical (unpaired) electrons. The summed E-state index contributed by atoms with van der Waals surface area (Å²) in [5.41, 5.74) is 14.0. The van der Waals surface area contributed by atoms with Crippen LogP contribution in [0, 0.1) is 0 Å². The van der Waals surface area contributed by atoms with Gasteiger partial charge in [0.1, 0.15) is 49.2 Å². The van der Waals surface area contributed by atoms with E-state index in [1.807, 2.05) is 133 Å². The molecule has 8 aromatic rings. The van der Waals surface area contributed by atoms with Crippen molar-refractivity contribution in [2.45, 2.75) is 75.5 Å². The normalized spacial score (nSPS) is 13.6. The molecule has 6 aromatic carbocycles. The van der Waals surface area contributed by atoms with Crippen LogP contribution in [0.3, 0.4) is 0 Å². The van der Waals surface area contributed by atoms with Gasteiger partial charge >= 0.3 is 6.09 Å². The highest BCUT2D eigenvalue weighted by Crippen LogP contribution is 2.44. The molecule has 0 aliphatic heterocycles. The molecular weight excluding hydrogens is 1000 g/mol. The minimum atomic E-state index is -1.45. The maximum atomic E-state index is 15.0. The number of benzene rings is 6.